The second-order valence-corrected chi connectivity index (χ2v) is 12.1. The summed E-state index contributed by atoms with van der Waals surface area (Å²) < 4.78 is 19.1. The molecule has 2 heterocycles. The van der Waals surface area contributed by atoms with Crippen LogP contribution in [-0.4, -0.2) is 43.1 Å². The lowest BCUT2D eigenvalue weighted by Gasteiger charge is -2.41. The second-order valence-electron chi connectivity index (χ2n) is 12.1. The summed E-state index contributed by atoms with van der Waals surface area (Å²) in [6.45, 7) is 8.86. The van der Waals surface area contributed by atoms with Crippen LogP contribution in [0.3, 0.4) is 0 Å². The van der Waals surface area contributed by atoms with E-state index in [-0.39, 0.29) is 24.3 Å². The Balaban J connectivity index is 1.51. The topological polar surface area (TPSA) is 85.9 Å². The van der Waals surface area contributed by atoms with Gasteiger partial charge in [0.05, 0.1) is 0 Å². The first-order valence-electron chi connectivity index (χ1n) is 14.8. The van der Waals surface area contributed by atoms with Crippen molar-refractivity contribution in [2.45, 2.75) is 58.0 Å². The van der Waals surface area contributed by atoms with E-state index in [1.54, 1.807) is 19.2 Å². The van der Waals surface area contributed by atoms with E-state index in [9.17, 15) is 9.59 Å². The van der Waals surface area contributed by atoms with Gasteiger partial charge in [0, 0.05) is 30.5 Å². The van der Waals surface area contributed by atoms with Gasteiger partial charge in [0.1, 0.15) is 11.7 Å². The molecule has 0 spiro atoms. The van der Waals surface area contributed by atoms with Crippen LogP contribution in [0.1, 0.15) is 50.9 Å². The lowest BCUT2D eigenvalue weighted by molar-refractivity contribution is -0.219. The van der Waals surface area contributed by atoms with Gasteiger partial charge in [0.2, 0.25) is 5.79 Å². The lowest BCUT2D eigenvalue weighted by Crippen LogP contribution is -2.48. The molecule has 2 aromatic rings. The molecule has 2 amide bonds. The molecule has 0 unspecified atom stereocenters. The predicted octanol–water partition coefficient (Wildman–Crippen LogP) is 6.91. The average Bonchev–Trinajstić information content (AvgIpc) is 3.36. The van der Waals surface area contributed by atoms with Crippen LogP contribution in [-0.2, 0) is 14.2 Å². The van der Waals surface area contributed by atoms with Crippen molar-refractivity contribution in [1.82, 2.24) is 5.32 Å². The maximum Gasteiger partial charge on any atom is 0.412 e. The molecule has 0 radical (unpaired) electrons. The first-order valence-corrected chi connectivity index (χ1v) is 14.8. The summed E-state index contributed by atoms with van der Waals surface area (Å²) in [4.78, 5) is 26.3. The maximum atomic E-state index is 13.2. The smallest absolute Gasteiger partial charge is 0.412 e. The number of anilines is 1. The number of methoxy groups -OCH3 is 1. The quantitative estimate of drug-likeness (QED) is 0.354. The van der Waals surface area contributed by atoms with Crippen molar-refractivity contribution in [2.75, 3.05) is 19.0 Å². The number of ether oxygens (including phenoxy) is 3. The van der Waals surface area contributed by atoms with Crippen LogP contribution in [0, 0.1) is 23.7 Å². The number of hydrogen-bond donors (Lipinski definition) is 2. The minimum atomic E-state index is -1.22. The number of hydrogen-bond acceptors (Lipinski definition) is 5. The van der Waals surface area contributed by atoms with Gasteiger partial charge in [0.15, 0.2) is 0 Å². The van der Waals surface area contributed by atoms with Gasteiger partial charge in [-0.3, -0.25) is 10.1 Å². The standard InChI is InChI=1S/C35H42N2O5/c1-23(2)28-17-16-24(3)29-21-31(41-33(39)37-27-14-10-7-11-15-27)34(4)18-19-35(40-5,42-34)26(20-30(28)29)22-36-32(38)25-12-8-6-9-13-25/h6-16,18-20,23,28-31H,17,21-22H2,1-5H3,(H,36,38)(H,37,39)/b26-20-/t28-,29+,30-,31+,34+,35-/m1/s1. The number of fused-ring (bicyclic) bond motifs is 3. The van der Waals surface area contributed by atoms with Crippen molar-refractivity contribution in [3.8, 4) is 0 Å². The SMILES string of the molecule is CO[C@]12C=C[C@](C)(O1)[C@@H](OC(=O)Nc1ccccc1)C[C@H]1C(C)=CC[C@H](C(C)C)[C@H]1/C=C\2CNC(=O)c1ccccc1. The average molecular weight is 571 g/mol. The van der Waals surface area contributed by atoms with Crippen molar-refractivity contribution >= 4 is 17.7 Å². The van der Waals surface area contributed by atoms with Gasteiger partial charge in [-0.05, 0) is 86.8 Å². The number of carbonyl (C=O) groups is 2. The van der Waals surface area contributed by atoms with E-state index < -0.39 is 23.6 Å². The maximum absolute atomic E-state index is 13.2. The first-order chi connectivity index (χ1) is 20.1. The largest absolute Gasteiger partial charge is 0.443 e. The van der Waals surface area contributed by atoms with Gasteiger partial charge < -0.3 is 19.5 Å². The molecule has 0 aromatic heterocycles. The Morgan fingerprint density at radius 2 is 1.74 bits per heavy atom. The van der Waals surface area contributed by atoms with Crippen LogP contribution in [0.15, 0.2) is 96.1 Å². The van der Waals surface area contributed by atoms with Crippen LogP contribution in [0.5, 0.6) is 0 Å². The molecule has 1 aliphatic carbocycles. The molecule has 0 fully saturated rings. The molecule has 7 nitrogen and oxygen atoms in total. The van der Waals surface area contributed by atoms with E-state index in [4.69, 9.17) is 14.2 Å². The zero-order chi connectivity index (χ0) is 29.9. The fourth-order valence-corrected chi connectivity index (χ4v) is 6.61. The number of nitrogens with one attached hydrogen (secondary N) is 2. The molecule has 222 valence electrons. The highest BCUT2D eigenvalue weighted by atomic mass is 16.7. The molecule has 5 rings (SSSR count). The zero-order valence-corrected chi connectivity index (χ0v) is 25.1. The summed E-state index contributed by atoms with van der Waals surface area (Å²) >= 11 is 0. The van der Waals surface area contributed by atoms with Crippen molar-refractivity contribution in [2.24, 2.45) is 23.7 Å². The Kier molecular flexibility index (Phi) is 8.71. The molecule has 6 atom stereocenters. The number of amides is 2. The Hall–Kier alpha value is -3.68. The minimum absolute atomic E-state index is 0.114. The van der Waals surface area contributed by atoms with Crippen molar-refractivity contribution in [1.29, 1.82) is 0 Å². The Bertz CT molecular complexity index is 1370. The molecular weight excluding hydrogens is 528 g/mol. The van der Waals surface area contributed by atoms with E-state index in [2.05, 4.69) is 43.6 Å². The molecular formula is C35H42N2O5. The zero-order valence-electron chi connectivity index (χ0n) is 25.1. The number of rotatable bonds is 7. The molecule has 0 saturated heterocycles. The number of allylic oxidation sites excluding steroid dienone is 3. The summed E-state index contributed by atoms with van der Waals surface area (Å²) in [5.41, 5.74) is 2.39. The lowest BCUT2D eigenvalue weighted by atomic mass is 9.65. The van der Waals surface area contributed by atoms with Crippen molar-refractivity contribution < 1.29 is 23.8 Å². The van der Waals surface area contributed by atoms with Crippen LogP contribution in [0.25, 0.3) is 0 Å². The molecule has 2 aromatic carbocycles. The summed E-state index contributed by atoms with van der Waals surface area (Å²) in [7, 11) is 1.61. The highest BCUT2D eigenvalue weighted by Gasteiger charge is 2.53. The molecule has 3 aliphatic rings. The highest BCUT2D eigenvalue weighted by Crippen LogP contribution is 2.49. The Morgan fingerprint density at radius 1 is 1.05 bits per heavy atom. The molecule has 2 aliphatic heterocycles. The summed E-state index contributed by atoms with van der Waals surface area (Å²) in [5.74, 6) is -0.358. The molecule has 0 saturated carbocycles. The van der Waals surface area contributed by atoms with E-state index in [0.717, 1.165) is 12.0 Å². The van der Waals surface area contributed by atoms with Crippen LogP contribution in [0.4, 0.5) is 10.5 Å². The van der Waals surface area contributed by atoms with Gasteiger partial charge >= 0.3 is 6.09 Å². The van der Waals surface area contributed by atoms with Gasteiger partial charge in [-0.25, -0.2) is 4.79 Å². The molecule has 42 heavy (non-hydrogen) atoms. The van der Waals surface area contributed by atoms with Crippen molar-refractivity contribution in [3.63, 3.8) is 0 Å². The fourth-order valence-electron chi connectivity index (χ4n) is 6.61. The first kappa shape index (κ1) is 29.8. The third-order valence-electron chi connectivity index (χ3n) is 9.11. The number of carbonyl (C=O) groups excluding carboxylic acids is 2. The van der Waals surface area contributed by atoms with E-state index in [0.29, 0.717) is 29.5 Å². The normalized spacial score (nSPS) is 31.5. The van der Waals surface area contributed by atoms with Gasteiger partial charge in [0.25, 0.3) is 5.91 Å². The van der Waals surface area contributed by atoms with Crippen LogP contribution in [0.2, 0.25) is 0 Å². The van der Waals surface area contributed by atoms with E-state index >= 15 is 0 Å². The second kappa shape index (κ2) is 12.3. The predicted molar refractivity (Wildman–Crippen MR) is 164 cm³/mol. The van der Waals surface area contributed by atoms with Gasteiger partial charge in [-0.15, -0.1) is 0 Å². The Labute approximate surface area is 249 Å². The third-order valence-corrected chi connectivity index (χ3v) is 9.11. The van der Waals surface area contributed by atoms with E-state index in [1.807, 2.05) is 67.6 Å². The molecule has 7 heteroatoms. The van der Waals surface area contributed by atoms with Crippen molar-refractivity contribution in [3.05, 3.63) is 102 Å². The molecule has 2 bridgehead atoms. The van der Waals surface area contributed by atoms with Gasteiger partial charge in [-0.2, -0.15) is 0 Å². The summed E-state index contributed by atoms with van der Waals surface area (Å²) in [5, 5.41) is 5.96. The number of para-hydroxylation sites is 1. The summed E-state index contributed by atoms with van der Waals surface area (Å²) in [6, 6.07) is 18.5. The number of benzene rings is 2. The monoisotopic (exact) mass is 570 g/mol. The van der Waals surface area contributed by atoms with Crippen LogP contribution < -0.4 is 10.6 Å². The van der Waals surface area contributed by atoms with Gasteiger partial charge in [-0.1, -0.05) is 68.0 Å². The van der Waals surface area contributed by atoms with Crippen LogP contribution >= 0.6 is 0 Å². The molecule has 2 N–H and O–H groups in total. The third kappa shape index (κ3) is 6.08. The highest BCUT2D eigenvalue weighted by molar-refractivity contribution is 5.94. The fraction of sp³-hybridized carbons (Fsp3) is 0.429. The Morgan fingerprint density at radius 3 is 2.40 bits per heavy atom. The summed E-state index contributed by atoms with van der Waals surface area (Å²) in [6.07, 6.45) is 8.85. The minimum Gasteiger partial charge on any atom is -0.443 e. The van der Waals surface area contributed by atoms with E-state index in [1.165, 1.54) is 5.57 Å².